The van der Waals surface area contributed by atoms with Crippen molar-refractivity contribution < 1.29 is 9.90 Å². The normalized spacial score (nSPS) is 12.9. The molecule has 0 aliphatic heterocycles. The quantitative estimate of drug-likeness (QED) is 0.614. The van der Waals surface area contributed by atoms with Crippen molar-refractivity contribution >= 4 is 5.91 Å². The summed E-state index contributed by atoms with van der Waals surface area (Å²) < 4.78 is 0. The van der Waals surface area contributed by atoms with Crippen LogP contribution < -0.4 is 5.32 Å². The molecule has 14 heavy (non-hydrogen) atoms. The van der Waals surface area contributed by atoms with Crippen LogP contribution in [-0.4, -0.2) is 24.2 Å². The first-order valence-corrected chi connectivity index (χ1v) is 5.52. The molecule has 0 radical (unpaired) electrons. The number of aliphatic hydroxyl groups is 1. The predicted octanol–water partition coefficient (Wildman–Crippen LogP) is 1.56. The third-order valence-electron chi connectivity index (χ3n) is 2.38. The molecule has 2 N–H and O–H groups in total. The minimum atomic E-state index is 0.124. The molecular weight excluding hydrogens is 178 g/mol. The lowest BCUT2D eigenvalue weighted by atomic mass is 9.90. The molecule has 0 bridgehead atoms. The van der Waals surface area contributed by atoms with Crippen LogP contribution in [0.2, 0.25) is 0 Å². The van der Waals surface area contributed by atoms with Gasteiger partial charge in [-0.2, -0.15) is 0 Å². The second-order valence-corrected chi connectivity index (χ2v) is 4.01. The van der Waals surface area contributed by atoms with Gasteiger partial charge in [0.15, 0.2) is 0 Å². The number of rotatable bonds is 7. The Morgan fingerprint density at radius 1 is 1.43 bits per heavy atom. The summed E-state index contributed by atoms with van der Waals surface area (Å²) in [6, 6.07) is 0. The van der Waals surface area contributed by atoms with E-state index in [1.54, 1.807) is 0 Å². The molecule has 0 saturated heterocycles. The molecule has 0 rings (SSSR count). The first-order valence-electron chi connectivity index (χ1n) is 5.52. The number of hydrogen-bond donors (Lipinski definition) is 2. The van der Waals surface area contributed by atoms with Crippen molar-refractivity contribution in [3.63, 3.8) is 0 Å². The molecule has 1 unspecified atom stereocenters. The highest BCUT2D eigenvalue weighted by molar-refractivity contribution is 5.78. The molecule has 0 aromatic heterocycles. The van der Waals surface area contributed by atoms with Crippen LogP contribution in [0.25, 0.3) is 0 Å². The fourth-order valence-electron chi connectivity index (χ4n) is 1.50. The smallest absolute Gasteiger partial charge is 0.223 e. The number of nitrogens with one attached hydrogen (secondary N) is 1. The topological polar surface area (TPSA) is 49.3 Å². The van der Waals surface area contributed by atoms with Crippen molar-refractivity contribution in [3.05, 3.63) is 0 Å². The highest BCUT2D eigenvalue weighted by Gasteiger charge is 2.20. The Morgan fingerprint density at radius 3 is 2.50 bits per heavy atom. The summed E-state index contributed by atoms with van der Waals surface area (Å²) >= 11 is 0. The summed E-state index contributed by atoms with van der Waals surface area (Å²) in [5.74, 6) is 0.651. The molecule has 84 valence electrons. The molecule has 0 aliphatic carbocycles. The van der Waals surface area contributed by atoms with E-state index in [1.807, 2.05) is 0 Å². The SMILES string of the molecule is CCCC(C(=O)NCCCO)C(C)C. The second-order valence-electron chi connectivity index (χ2n) is 4.01. The standard InChI is InChI=1S/C11H23NO2/c1-4-6-10(9(2)3)11(14)12-7-5-8-13/h9-10,13H,4-8H2,1-3H3,(H,12,14). The lowest BCUT2D eigenvalue weighted by Crippen LogP contribution is -2.34. The molecule has 0 aromatic rings. The summed E-state index contributed by atoms with van der Waals surface area (Å²) in [4.78, 5) is 11.7. The van der Waals surface area contributed by atoms with Gasteiger partial charge in [-0.05, 0) is 18.8 Å². The number of hydrogen-bond acceptors (Lipinski definition) is 2. The Morgan fingerprint density at radius 2 is 2.07 bits per heavy atom. The minimum Gasteiger partial charge on any atom is -0.396 e. The third kappa shape index (κ3) is 5.22. The van der Waals surface area contributed by atoms with Gasteiger partial charge in [-0.3, -0.25) is 4.79 Å². The Balaban J connectivity index is 3.89. The zero-order valence-electron chi connectivity index (χ0n) is 9.55. The third-order valence-corrected chi connectivity index (χ3v) is 2.38. The van der Waals surface area contributed by atoms with Crippen molar-refractivity contribution in [2.45, 2.75) is 40.0 Å². The number of carbonyl (C=O) groups is 1. The van der Waals surface area contributed by atoms with Crippen LogP contribution in [0.4, 0.5) is 0 Å². The molecular formula is C11H23NO2. The molecule has 3 nitrogen and oxygen atoms in total. The zero-order valence-corrected chi connectivity index (χ0v) is 9.55. The number of carbonyl (C=O) groups excluding carboxylic acids is 1. The number of aliphatic hydroxyl groups excluding tert-OH is 1. The van der Waals surface area contributed by atoms with Gasteiger partial charge in [0, 0.05) is 19.1 Å². The van der Waals surface area contributed by atoms with E-state index >= 15 is 0 Å². The van der Waals surface area contributed by atoms with Crippen LogP contribution in [0, 0.1) is 11.8 Å². The van der Waals surface area contributed by atoms with Crippen LogP contribution in [0.1, 0.15) is 40.0 Å². The largest absolute Gasteiger partial charge is 0.396 e. The van der Waals surface area contributed by atoms with Crippen molar-refractivity contribution in [1.29, 1.82) is 0 Å². The van der Waals surface area contributed by atoms with Gasteiger partial charge in [0.05, 0.1) is 0 Å². The molecule has 0 spiro atoms. The van der Waals surface area contributed by atoms with Crippen LogP contribution >= 0.6 is 0 Å². The van der Waals surface area contributed by atoms with Crippen molar-refractivity contribution in [2.75, 3.05) is 13.2 Å². The summed E-state index contributed by atoms with van der Waals surface area (Å²) in [5.41, 5.74) is 0. The highest BCUT2D eigenvalue weighted by Crippen LogP contribution is 2.16. The summed E-state index contributed by atoms with van der Waals surface area (Å²) in [6.07, 6.45) is 2.63. The van der Waals surface area contributed by atoms with E-state index < -0.39 is 0 Å². The predicted molar refractivity (Wildman–Crippen MR) is 57.9 cm³/mol. The highest BCUT2D eigenvalue weighted by atomic mass is 16.3. The van der Waals surface area contributed by atoms with Gasteiger partial charge in [-0.1, -0.05) is 27.2 Å². The van der Waals surface area contributed by atoms with Gasteiger partial charge in [0.1, 0.15) is 0 Å². The van der Waals surface area contributed by atoms with E-state index in [0.29, 0.717) is 18.9 Å². The van der Waals surface area contributed by atoms with E-state index in [0.717, 1.165) is 12.8 Å². The molecule has 1 amide bonds. The molecule has 3 heteroatoms. The summed E-state index contributed by atoms with van der Waals surface area (Å²) in [7, 11) is 0. The Labute approximate surface area is 86.9 Å². The lowest BCUT2D eigenvalue weighted by molar-refractivity contribution is -0.126. The van der Waals surface area contributed by atoms with E-state index in [1.165, 1.54) is 0 Å². The number of amides is 1. The second kappa shape index (κ2) is 7.80. The van der Waals surface area contributed by atoms with Gasteiger partial charge >= 0.3 is 0 Å². The molecule has 0 aromatic carbocycles. The molecule has 0 heterocycles. The molecule has 0 fully saturated rings. The summed E-state index contributed by atoms with van der Waals surface area (Å²) in [6.45, 7) is 6.97. The fraction of sp³-hybridized carbons (Fsp3) is 0.909. The van der Waals surface area contributed by atoms with Gasteiger partial charge in [0.2, 0.25) is 5.91 Å². The molecule has 0 saturated carbocycles. The Kier molecular flexibility index (Phi) is 7.48. The van der Waals surface area contributed by atoms with Crippen LogP contribution in [0.15, 0.2) is 0 Å². The average molecular weight is 201 g/mol. The zero-order chi connectivity index (χ0) is 11.0. The fourth-order valence-corrected chi connectivity index (χ4v) is 1.50. The van der Waals surface area contributed by atoms with E-state index in [2.05, 4.69) is 26.1 Å². The maximum atomic E-state index is 11.7. The lowest BCUT2D eigenvalue weighted by Gasteiger charge is -2.19. The van der Waals surface area contributed by atoms with Crippen molar-refractivity contribution in [2.24, 2.45) is 11.8 Å². The monoisotopic (exact) mass is 201 g/mol. The first-order chi connectivity index (χ1) is 6.63. The van der Waals surface area contributed by atoms with Crippen LogP contribution in [-0.2, 0) is 4.79 Å². The van der Waals surface area contributed by atoms with E-state index in [-0.39, 0.29) is 18.4 Å². The minimum absolute atomic E-state index is 0.124. The van der Waals surface area contributed by atoms with Crippen LogP contribution in [0.3, 0.4) is 0 Å². The van der Waals surface area contributed by atoms with Gasteiger partial charge in [-0.25, -0.2) is 0 Å². The first kappa shape index (κ1) is 13.4. The Bertz CT molecular complexity index is 157. The maximum absolute atomic E-state index is 11.7. The van der Waals surface area contributed by atoms with Crippen molar-refractivity contribution in [1.82, 2.24) is 5.32 Å². The summed E-state index contributed by atoms with van der Waals surface area (Å²) in [5, 5.41) is 11.4. The maximum Gasteiger partial charge on any atom is 0.223 e. The van der Waals surface area contributed by atoms with Crippen LogP contribution in [0.5, 0.6) is 0 Å². The van der Waals surface area contributed by atoms with E-state index in [4.69, 9.17) is 5.11 Å². The van der Waals surface area contributed by atoms with Crippen molar-refractivity contribution in [3.8, 4) is 0 Å². The van der Waals surface area contributed by atoms with Gasteiger partial charge in [-0.15, -0.1) is 0 Å². The Hall–Kier alpha value is -0.570. The van der Waals surface area contributed by atoms with E-state index in [9.17, 15) is 4.79 Å². The van der Waals surface area contributed by atoms with Gasteiger partial charge in [0.25, 0.3) is 0 Å². The average Bonchev–Trinajstić information content (AvgIpc) is 2.13. The molecule has 1 atom stereocenters. The van der Waals surface area contributed by atoms with Gasteiger partial charge < -0.3 is 10.4 Å². The molecule has 0 aliphatic rings.